The number of halogens is 1. The Labute approximate surface area is 173 Å². The second-order valence-corrected chi connectivity index (χ2v) is 6.48. The van der Waals surface area contributed by atoms with Crippen molar-refractivity contribution in [3.05, 3.63) is 24.0 Å². The Bertz CT molecular complexity index is 733. The van der Waals surface area contributed by atoms with Crippen LogP contribution in [0.4, 0.5) is 10.1 Å². The zero-order chi connectivity index (χ0) is 22.7. The van der Waals surface area contributed by atoms with Crippen molar-refractivity contribution in [2.24, 2.45) is 17.2 Å². The van der Waals surface area contributed by atoms with Gasteiger partial charge in [-0.25, -0.2) is 4.39 Å². The van der Waals surface area contributed by atoms with Gasteiger partial charge in [0.2, 0.25) is 17.7 Å². The lowest BCUT2D eigenvalue weighted by Crippen LogP contribution is -2.45. The van der Waals surface area contributed by atoms with Crippen molar-refractivity contribution in [2.45, 2.75) is 18.9 Å². The highest BCUT2D eigenvalue weighted by Crippen LogP contribution is 2.07. The predicted molar refractivity (Wildman–Crippen MR) is 110 cm³/mol. The molecule has 0 spiro atoms. The van der Waals surface area contributed by atoms with Crippen LogP contribution in [0.5, 0.6) is 0 Å². The maximum absolute atomic E-state index is 13.4. The van der Waals surface area contributed by atoms with Gasteiger partial charge in [-0.3, -0.25) is 14.4 Å². The van der Waals surface area contributed by atoms with E-state index in [4.69, 9.17) is 27.2 Å². The van der Waals surface area contributed by atoms with E-state index in [0.717, 1.165) is 12.1 Å². The molecule has 0 saturated carbocycles. The number of benzene rings is 1. The molecule has 1 aromatic carbocycles. The van der Waals surface area contributed by atoms with Crippen molar-refractivity contribution in [1.29, 1.82) is 0 Å². The third-order valence-corrected chi connectivity index (χ3v) is 4.14. The first-order valence-corrected chi connectivity index (χ1v) is 9.36. The Morgan fingerprint density at radius 3 is 2.37 bits per heavy atom. The summed E-state index contributed by atoms with van der Waals surface area (Å²) in [5, 5.41) is 22.9. The second-order valence-electron chi connectivity index (χ2n) is 6.48. The van der Waals surface area contributed by atoms with Crippen molar-refractivity contribution in [3.63, 3.8) is 0 Å². The minimum absolute atomic E-state index is 0.0304. The lowest BCUT2D eigenvalue weighted by atomic mass is 9.79. The number of carbonyl (C=O) groups is 3. The second kappa shape index (κ2) is 12.9. The van der Waals surface area contributed by atoms with Crippen LogP contribution >= 0.6 is 0 Å². The summed E-state index contributed by atoms with van der Waals surface area (Å²) in [5.41, 5.74) is 16.4. The maximum Gasteiger partial charge on any atom is 0.491 e. The number of hydrogen-bond acceptors (Lipinski definition) is 8. The van der Waals surface area contributed by atoms with Gasteiger partial charge in [0.1, 0.15) is 5.82 Å². The predicted octanol–water partition coefficient (Wildman–Crippen LogP) is -3.59. The van der Waals surface area contributed by atoms with Crippen LogP contribution in [0.1, 0.15) is 12.8 Å². The molecule has 10 N–H and O–H groups in total. The van der Waals surface area contributed by atoms with Gasteiger partial charge in [-0.05, 0) is 24.6 Å². The fourth-order valence-electron chi connectivity index (χ4n) is 2.56. The summed E-state index contributed by atoms with van der Waals surface area (Å²) < 4.78 is 13.4. The average Bonchev–Trinajstić information content (AvgIpc) is 2.70. The maximum atomic E-state index is 13.4. The van der Waals surface area contributed by atoms with Crippen molar-refractivity contribution >= 4 is 36.0 Å². The summed E-state index contributed by atoms with van der Waals surface area (Å²) in [5.74, 6) is -2.31. The molecule has 1 atom stereocenters. The van der Waals surface area contributed by atoms with Crippen LogP contribution in [-0.4, -0.2) is 78.6 Å². The molecule has 1 unspecified atom stereocenters. The fraction of sp³-hybridized carbons (Fsp3) is 0.471. The minimum Gasteiger partial charge on any atom is -0.423 e. The van der Waals surface area contributed by atoms with Crippen molar-refractivity contribution in [2.75, 3.05) is 38.0 Å². The van der Waals surface area contributed by atoms with E-state index in [0.29, 0.717) is 26.2 Å². The quantitative estimate of drug-likeness (QED) is 0.166. The van der Waals surface area contributed by atoms with Gasteiger partial charge in [-0.2, -0.15) is 0 Å². The van der Waals surface area contributed by atoms with Gasteiger partial charge >= 0.3 is 7.12 Å². The highest BCUT2D eigenvalue weighted by Gasteiger charge is 2.20. The van der Waals surface area contributed by atoms with Gasteiger partial charge in [-0.15, -0.1) is 0 Å². The molecule has 166 valence electrons. The molecule has 0 aromatic heterocycles. The number of rotatable bonds is 12. The number of amides is 3. The first kappa shape index (κ1) is 25.5. The van der Waals surface area contributed by atoms with Gasteiger partial charge in [-0.1, -0.05) is 0 Å². The number of carbonyl (C=O) groups excluding carboxylic acids is 3. The molecule has 0 aliphatic rings. The molecule has 0 saturated heterocycles. The highest BCUT2D eigenvalue weighted by atomic mass is 19.1. The van der Waals surface area contributed by atoms with Crippen molar-refractivity contribution in [1.82, 2.24) is 10.2 Å². The lowest BCUT2D eigenvalue weighted by Gasteiger charge is -2.22. The molecule has 11 nitrogen and oxygen atoms in total. The Hall–Kier alpha value is -2.58. The summed E-state index contributed by atoms with van der Waals surface area (Å²) in [7, 11) is -2.03. The molecule has 0 fully saturated rings. The van der Waals surface area contributed by atoms with Crippen LogP contribution < -0.4 is 33.3 Å². The van der Waals surface area contributed by atoms with E-state index in [1.807, 2.05) is 0 Å². The zero-order valence-electron chi connectivity index (χ0n) is 16.5. The molecule has 30 heavy (non-hydrogen) atoms. The van der Waals surface area contributed by atoms with E-state index in [1.54, 1.807) is 0 Å². The van der Waals surface area contributed by atoms with Gasteiger partial charge in [0, 0.05) is 43.8 Å². The molecular weight excluding hydrogens is 398 g/mol. The van der Waals surface area contributed by atoms with Crippen LogP contribution in [0, 0.1) is 5.82 Å². The molecular formula is C17H28BFN6O5. The van der Waals surface area contributed by atoms with Gasteiger partial charge < -0.3 is 42.8 Å². The van der Waals surface area contributed by atoms with E-state index in [-0.39, 0.29) is 24.4 Å². The van der Waals surface area contributed by atoms with Gasteiger partial charge in [0.05, 0.1) is 12.6 Å². The lowest BCUT2D eigenvalue weighted by molar-refractivity contribution is -0.131. The number of anilines is 1. The molecule has 1 aromatic rings. The van der Waals surface area contributed by atoms with Crippen LogP contribution in [-0.2, 0) is 14.4 Å². The fourth-order valence-corrected chi connectivity index (χ4v) is 2.56. The number of nitrogens with two attached hydrogens (primary N) is 3. The Kier molecular flexibility index (Phi) is 10.9. The molecule has 13 heteroatoms. The first-order chi connectivity index (χ1) is 14.2. The monoisotopic (exact) mass is 426 g/mol. The standard InChI is InChI=1S/C17H28BFN6O5/c19-13-2-1-11(9-12(13)18(29)30)24-15(26)10-23-17(28)14(22)3-4-16(27)25(7-5-20)8-6-21/h1-2,9,14,29-30H,3-8,10,20-22H2,(H,23,28)(H,24,26). The topological polar surface area (TPSA) is 197 Å². The van der Waals surface area contributed by atoms with Crippen LogP contribution in [0.2, 0.25) is 0 Å². The normalized spacial score (nSPS) is 11.5. The van der Waals surface area contributed by atoms with Gasteiger partial charge in [0.15, 0.2) is 0 Å². The smallest absolute Gasteiger partial charge is 0.423 e. The summed E-state index contributed by atoms with van der Waals surface area (Å²) in [6.45, 7) is 0.883. The zero-order valence-corrected chi connectivity index (χ0v) is 16.5. The number of nitrogens with zero attached hydrogens (tertiary/aromatic N) is 1. The van der Waals surface area contributed by atoms with E-state index < -0.39 is 42.8 Å². The van der Waals surface area contributed by atoms with Crippen LogP contribution in [0.25, 0.3) is 0 Å². The summed E-state index contributed by atoms with van der Waals surface area (Å²) in [6, 6.07) is 2.26. The Balaban J connectivity index is 2.46. The molecule has 0 bridgehead atoms. The van der Waals surface area contributed by atoms with Crippen LogP contribution in [0.15, 0.2) is 18.2 Å². The largest absolute Gasteiger partial charge is 0.491 e. The minimum atomic E-state index is -2.03. The highest BCUT2D eigenvalue weighted by molar-refractivity contribution is 6.58. The summed E-state index contributed by atoms with van der Waals surface area (Å²) >= 11 is 0. The molecule has 0 heterocycles. The molecule has 0 aliphatic heterocycles. The summed E-state index contributed by atoms with van der Waals surface area (Å²) in [4.78, 5) is 37.6. The Morgan fingerprint density at radius 1 is 1.17 bits per heavy atom. The third-order valence-electron chi connectivity index (χ3n) is 4.14. The SMILES string of the molecule is NCCN(CCN)C(=O)CCC(N)C(=O)NCC(=O)Nc1ccc(F)c(B(O)O)c1. The average molecular weight is 426 g/mol. The summed E-state index contributed by atoms with van der Waals surface area (Å²) in [6.07, 6.45) is 0.107. The Morgan fingerprint density at radius 2 is 1.80 bits per heavy atom. The number of nitrogens with one attached hydrogen (secondary N) is 2. The molecule has 0 aliphatic carbocycles. The molecule has 3 amide bonds. The van der Waals surface area contributed by atoms with Crippen LogP contribution in [0.3, 0.4) is 0 Å². The van der Waals surface area contributed by atoms with E-state index in [1.165, 1.54) is 11.0 Å². The number of hydrogen-bond donors (Lipinski definition) is 7. The first-order valence-electron chi connectivity index (χ1n) is 9.36. The molecule has 0 radical (unpaired) electrons. The van der Waals surface area contributed by atoms with Crippen molar-refractivity contribution < 1.29 is 28.8 Å². The van der Waals surface area contributed by atoms with E-state index in [2.05, 4.69) is 10.6 Å². The van der Waals surface area contributed by atoms with Gasteiger partial charge in [0.25, 0.3) is 0 Å². The van der Waals surface area contributed by atoms with E-state index >= 15 is 0 Å². The third kappa shape index (κ3) is 8.43. The van der Waals surface area contributed by atoms with E-state index in [9.17, 15) is 18.8 Å². The molecule has 1 rings (SSSR count). The van der Waals surface area contributed by atoms with Crippen molar-refractivity contribution in [3.8, 4) is 0 Å².